The number of nitrogens with zero attached hydrogens (tertiary/aromatic N) is 2. The lowest BCUT2D eigenvalue weighted by molar-refractivity contribution is -0.129. The molecule has 3 rings (SSSR count). The Morgan fingerprint density at radius 1 is 1.50 bits per heavy atom. The average Bonchev–Trinajstić information content (AvgIpc) is 3.12. The zero-order valence-corrected chi connectivity index (χ0v) is 12.4. The predicted octanol–water partition coefficient (Wildman–Crippen LogP) is 1.51. The van der Waals surface area contributed by atoms with E-state index >= 15 is 0 Å². The van der Waals surface area contributed by atoms with Crippen LogP contribution in [0.15, 0.2) is 11.6 Å². The fraction of sp³-hybridized carbons (Fsp3) is 0.643. The topological polar surface area (TPSA) is 62.3 Å². The summed E-state index contributed by atoms with van der Waals surface area (Å²) in [5.41, 5.74) is -0.296. The van der Waals surface area contributed by atoms with Crippen LogP contribution in [-0.4, -0.2) is 35.3 Å². The van der Waals surface area contributed by atoms with Crippen LogP contribution in [0, 0.1) is 5.92 Å². The molecule has 1 atom stereocenters. The highest BCUT2D eigenvalue weighted by atomic mass is 32.1. The lowest BCUT2D eigenvalue weighted by Crippen LogP contribution is -2.46. The van der Waals surface area contributed by atoms with Crippen molar-refractivity contribution in [3.05, 3.63) is 16.6 Å². The first-order valence-electron chi connectivity index (χ1n) is 7.07. The number of hydrogen-bond acceptors (Lipinski definition) is 4. The third-order valence-electron chi connectivity index (χ3n) is 4.37. The zero-order chi connectivity index (χ0) is 14.2. The Kier molecular flexibility index (Phi) is 3.50. The van der Waals surface area contributed by atoms with Gasteiger partial charge in [0.2, 0.25) is 11.8 Å². The summed E-state index contributed by atoms with van der Waals surface area (Å²) in [6.07, 6.45) is 6.24. The standard InChI is InChI=1S/C14H19N3O2S/c1-17-9-10(8-11(17)18)12(19)16-14(4-2-3-5-14)13-15-6-7-20-13/h6-7,10H,2-5,8-9H2,1H3,(H,16,19)/t10-/m1/s1. The smallest absolute Gasteiger partial charge is 0.226 e. The molecule has 0 aromatic carbocycles. The molecule has 0 bridgehead atoms. The van der Waals surface area contributed by atoms with Gasteiger partial charge in [0, 0.05) is 31.6 Å². The second-order valence-electron chi connectivity index (χ2n) is 5.79. The van der Waals surface area contributed by atoms with E-state index in [0.29, 0.717) is 13.0 Å². The van der Waals surface area contributed by atoms with E-state index in [1.807, 2.05) is 5.38 Å². The van der Waals surface area contributed by atoms with E-state index < -0.39 is 0 Å². The van der Waals surface area contributed by atoms with E-state index in [-0.39, 0.29) is 23.3 Å². The average molecular weight is 293 g/mol. The minimum absolute atomic E-state index is 0.000185. The highest BCUT2D eigenvalue weighted by Gasteiger charge is 2.42. The number of hydrogen-bond donors (Lipinski definition) is 1. The molecule has 0 spiro atoms. The molecule has 1 aromatic rings. The third kappa shape index (κ3) is 2.32. The number of carbonyl (C=O) groups excluding carboxylic acids is 2. The van der Waals surface area contributed by atoms with Gasteiger partial charge < -0.3 is 10.2 Å². The Bertz CT molecular complexity index is 508. The van der Waals surface area contributed by atoms with Crippen molar-refractivity contribution in [2.45, 2.75) is 37.6 Å². The van der Waals surface area contributed by atoms with Gasteiger partial charge in [-0.25, -0.2) is 4.98 Å². The Labute approximate surface area is 122 Å². The summed E-state index contributed by atoms with van der Waals surface area (Å²) in [6.45, 7) is 0.526. The van der Waals surface area contributed by atoms with E-state index in [4.69, 9.17) is 0 Å². The number of thiazole rings is 1. The van der Waals surface area contributed by atoms with Gasteiger partial charge in [0.05, 0.1) is 11.5 Å². The Morgan fingerprint density at radius 2 is 2.25 bits per heavy atom. The van der Waals surface area contributed by atoms with Crippen molar-refractivity contribution in [2.75, 3.05) is 13.6 Å². The predicted molar refractivity (Wildman–Crippen MR) is 76.1 cm³/mol. The minimum Gasteiger partial charge on any atom is -0.345 e. The van der Waals surface area contributed by atoms with Gasteiger partial charge in [-0.2, -0.15) is 0 Å². The third-order valence-corrected chi connectivity index (χ3v) is 5.35. The van der Waals surface area contributed by atoms with Crippen LogP contribution in [0.25, 0.3) is 0 Å². The van der Waals surface area contributed by atoms with Crippen LogP contribution >= 0.6 is 11.3 Å². The Balaban J connectivity index is 1.75. The lowest BCUT2D eigenvalue weighted by atomic mass is 9.96. The maximum atomic E-state index is 12.5. The summed E-state index contributed by atoms with van der Waals surface area (Å²) in [5, 5.41) is 6.16. The van der Waals surface area contributed by atoms with E-state index in [2.05, 4.69) is 10.3 Å². The minimum atomic E-state index is -0.296. The van der Waals surface area contributed by atoms with E-state index in [1.165, 1.54) is 0 Å². The summed E-state index contributed by atoms with van der Waals surface area (Å²) in [7, 11) is 1.75. The molecule has 1 aliphatic carbocycles. The monoisotopic (exact) mass is 293 g/mol. The van der Waals surface area contributed by atoms with Crippen molar-refractivity contribution in [1.29, 1.82) is 0 Å². The summed E-state index contributed by atoms with van der Waals surface area (Å²) in [4.78, 5) is 30.1. The maximum Gasteiger partial charge on any atom is 0.226 e. The molecule has 1 aliphatic heterocycles. The van der Waals surface area contributed by atoms with Crippen molar-refractivity contribution < 1.29 is 9.59 Å². The molecule has 6 heteroatoms. The number of rotatable bonds is 3. The summed E-state index contributed by atoms with van der Waals surface area (Å²) < 4.78 is 0. The summed E-state index contributed by atoms with van der Waals surface area (Å²) in [6, 6.07) is 0. The molecular weight excluding hydrogens is 274 g/mol. The van der Waals surface area contributed by atoms with Gasteiger partial charge in [-0.3, -0.25) is 9.59 Å². The number of amides is 2. The molecule has 108 valence electrons. The lowest BCUT2D eigenvalue weighted by Gasteiger charge is -2.29. The Morgan fingerprint density at radius 3 is 2.80 bits per heavy atom. The number of aromatic nitrogens is 1. The van der Waals surface area contributed by atoms with Crippen LogP contribution in [0.4, 0.5) is 0 Å². The molecule has 20 heavy (non-hydrogen) atoms. The van der Waals surface area contributed by atoms with Gasteiger partial charge >= 0.3 is 0 Å². The first-order chi connectivity index (χ1) is 9.61. The zero-order valence-electron chi connectivity index (χ0n) is 11.6. The molecule has 0 radical (unpaired) electrons. The fourth-order valence-electron chi connectivity index (χ4n) is 3.21. The van der Waals surface area contributed by atoms with Crippen molar-refractivity contribution in [1.82, 2.24) is 15.2 Å². The van der Waals surface area contributed by atoms with Crippen LogP contribution < -0.4 is 5.32 Å². The molecule has 2 aliphatic rings. The van der Waals surface area contributed by atoms with Gasteiger partial charge in [-0.1, -0.05) is 12.8 Å². The highest BCUT2D eigenvalue weighted by molar-refractivity contribution is 7.09. The van der Waals surface area contributed by atoms with Gasteiger partial charge in [-0.15, -0.1) is 11.3 Å². The molecule has 1 saturated carbocycles. The van der Waals surface area contributed by atoms with Crippen molar-refractivity contribution in [2.24, 2.45) is 5.92 Å². The fourth-order valence-corrected chi connectivity index (χ4v) is 4.06. The first-order valence-corrected chi connectivity index (χ1v) is 7.95. The van der Waals surface area contributed by atoms with Crippen LogP contribution in [0.1, 0.15) is 37.1 Å². The SMILES string of the molecule is CN1C[C@H](C(=O)NC2(c3nccs3)CCCC2)CC1=O. The van der Waals surface area contributed by atoms with Gasteiger partial charge in [0.1, 0.15) is 5.01 Å². The van der Waals surface area contributed by atoms with E-state index in [9.17, 15) is 9.59 Å². The molecule has 1 aromatic heterocycles. The molecule has 1 N–H and O–H groups in total. The summed E-state index contributed by atoms with van der Waals surface area (Å²) >= 11 is 1.60. The molecule has 0 unspecified atom stereocenters. The first kappa shape index (κ1) is 13.5. The Hall–Kier alpha value is -1.43. The molecule has 2 heterocycles. The number of likely N-dealkylation sites (tertiary alicyclic amines) is 1. The maximum absolute atomic E-state index is 12.5. The molecule has 2 fully saturated rings. The van der Waals surface area contributed by atoms with Gasteiger partial charge in [-0.05, 0) is 12.8 Å². The van der Waals surface area contributed by atoms with Crippen LogP contribution in [-0.2, 0) is 15.1 Å². The van der Waals surface area contributed by atoms with E-state index in [0.717, 1.165) is 30.7 Å². The molecule has 1 saturated heterocycles. The van der Waals surface area contributed by atoms with Crippen molar-refractivity contribution in [3.8, 4) is 0 Å². The quantitative estimate of drug-likeness (QED) is 0.919. The highest BCUT2D eigenvalue weighted by Crippen LogP contribution is 2.40. The number of nitrogens with one attached hydrogen (secondary N) is 1. The van der Waals surface area contributed by atoms with Gasteiger partial charge in [0.25, 0.3) is 0 Å². The summed E-state index contributed by atoms with van der Waals surface area (Å²) in [5.74, 6) is -0.162. The van der Waals surface area contributed by atoms with Crippen LogP contribution in [0.3, 0.4) is 0 Å². The largest absolute Gasteiger partial charge is 0.345 e. The molecular formula is C14H19N3O2S. The number of carbonyl (C=O) groups is 2. The molecule has 5 nitrogen and oxygen atoms in total. The second-order valence-corrected chi connectivity index (χ2v) is 6.69. The van der Waals surface area contributed by atoms with Crippen LogP contribution in [0.5, 0.6) is 0 Å². The van der Waals surface area contributed by atoms with Crippen molar-refractivity contribution in [3.63, 3.8) is 0 Å². The van der Waals surface area contributed by atoms with Crippen molar-refractivity contribution >= 4 is 23.2 Å². The second kappa shape index (κ2) is 5.16. The van der Waals surface area contributed by atoms with Crippen LogP contribution in [0.2, 0.25) is 0 Å². The van der Waals surface area contributed by atoms with E-state index in [1.54, 1.807) is 29.5 Å². The normalized spacial score (nSPS) is 25.1. The molecule has 2 amide bonds. The van der Waals surface area contributed by atoms with Gasteiger partial charge in [0.15, 0.2) is 0 Å².